The third-order valence-corrected chi connectivity index (χ3v) is 6.54. The van der Waals surface area contributed by atoms with Crippen molar-refractivity contribution in [1.82, 2.24) is 0 Å². The van der Waals surface area contributed by atoms with Gasteiger partial charge in [-0.2, -0.15) is 0 Å². The molecule has 1 aromatic carbocycles. The van der Waals surface area contributed by atoms with E-state index in [1.165, 1.54) is 0 Å². The fourth-order valence-electron chi connectivity index (χ4n) is 4.77. The van der Waals surface area contributed by atoms with Crippen molar-refractivity contribution in [2.75, 3.05) is 5.32 Å². The van der Waals surface area contributed by atoms with Gasteiger partial charge in [0.05, 0.1) is 11.8 Å². The fourth-order valence-corrected chi connectivity index (χ4v) is 5.04. The summed E-state index contributed by atoms with van der Waals surface area (Å²) in [7, 11) is 0. The molecule has 4 unspecified atom stereocenters. The maximum absolute atomic E-state index is 12.9. The Morgan fingerprint density at radius 2 is 1.87 bits per heavy atom. The molecule has 0 radical (unpaired) electrons. The minimum atomic E-state index is -0.363. The number of hydrogen-bond acceptors (Lipinski definition) is 2. The number of hydrogen-bond donors (Lipinski definition) is 2. The summed E-state index contributed by atoms with van der Waals surface area (Å²) in [5.41, 5.74) is 6.57. The van der Waals surface area contributed by atoms with Gasteiger partial charge in [-0.25, -0.2) is 0 Å². The van der Waals surface area contributed by atoms with Crippen molar-refractivity contribution >= 4 is 33.4 Å². The van der Waals surface area contributed by atoms with Crippen LogP contribution in [0.25, 0.3) is 0 Å². The van der Waals surface area contributed by atoms with Gasteiger partial charge in [0.1, 0.15) is 0 Å². The summed E-state index contributed by atoms with van der Waals surface area (Å²) in [6, 6.07) is 7.48. The molecule has 3 rings (SSSR count). The molecule has 23 heavy (non-hydrogen) atoms. The molecule has 3 N–H and O–H groups in total. The van der Waals surface area contributed by atoms with E-state index < -0.39 is 0 Å². The lowest BCUT2D eigenvalue weighted by atomic mass is 9.82. The summed E-state index contributed by atoms with van der Waals surface area (Å²) in [6.07, 6.45) is 3.13. The lowest BCUT2D eigenvalue weighted by Gasteiger charge is -2.24. The number of carbonyl (C=O) groups is 2. The van der Waals surface area contributed by atoms with Gasteiger partial charge in [-0.15, -0.1) is 0 Å². The van der Waals surface area contributed by atoms with Gasteiger partial charge < -0.3 is 11.1 Å². The van der Waals surface area contributed by atoms with E-state index in [9.17, 15) is 9.59 Å². The van der Waals surface area contributed by atoms with Gasteiger partial charge in [0, 0.05) is 10.2 Å². The lowest BCUT2D eigenvalue weighted by Crippen LogP contribution is -2.38. The zero-order valence-corrected chi connectivity index (χ0v) is 15.1. The van der Waals surface area contributed by atoms with Crippen LogP contribution >= 0.6 is 15.9 Å². The van der Waals surface area contributed by atoms with Crippen molar-refractivity contribution in [3.05, 3.63) is 28.7 Å². The van der Waals surface area contributed by atoms with Gasteiger partial charge in [0.2, 0.25) is 11.8 Å². The van der Waals surface area contributed by atoms with Crippen LogP contribution in [0.1, 0.15) is 33.1 Å². The minimum Gasteiger partial charge on any atom is -0.369 e. The molecule has 1 spiro atoms. The van der Waals surface area contributed by atoms with E-state index in [2.05, 4.69) is 35.1 Å². The van der Waals surface area contributed by atoms with E-state index in [-0.39, 0.29) is 40.9 Å². The number of nitrogens with two attached hydrogens (primary N) is 1. The first-order chi connectivity index (χ1) is 10.9. The SMILES string of the molecule is CCC1C(C(=O)Nc2ccc(Br)cc2)C(C(N)=O)C(C)C12CC2. The zero-order valence-electron chi connectivity index (χ0n) is 13.5. The highest BCUT2D eigenvalue weighted by Gasteiger charge is 2.66. The van der Waals surface area contributed by atoms with Gasteiger partial charge in [-0.1, -0.05) is 36.2 Å². The molecule has 5 heteroatoms. The molecule has 2 aliphatic carbocycles. The smallest absolute Gasteiger partial charge is 0.228 e. The maximum Gasteiger partial charge on any atom is 0.228 e. The summed E-state index contributed by atoms with van der Waals surface area (Å²) in [6.45, 7) is 4.21. The average Bonchev–Trinajstić information content (AvgIpc) is 3.25. The Labute approximate surface area is 145 Å². The number of rotatable bonds is 4. The number of halogens is 1. The van der Waals surface area contributed by atoms with E-state index >= 15 is 0 Å². The first-order valence-electron chi connectivity index (χ1n) is 8.26. The summed E-state index contributed by atoms with van der Waals surface area (Å²) < 4.78 is 0.961. The van der Waals surface area contributed by atoms with E-state index in [4.69, 9.17) is 5.73 Å². The second-order valence-electron chi connectivity index (χ2n) is 6.99. The second-order valence-corrected chi connectivity index (χ2v) is 7.90. The molecule has 0 aromatic heterocycles. The summed E-state index contributed by atoms with van der Waals surface area (Å²) >= 11 is 3.38. The predicted molar refractivity (Wildman–Crippen MR) is 93.6 cm³/mol. The van der Waals surface area contributed by atoms with Crippen LogP contribution < -0.4 is 11.1 Å². The number of amides is 2. The van der Waals surface area contributed by atoms with Crippen molar-refractivity contribution in [3.8, 4) is 0 Å². The van der Waals surface area contributed by atoms with Crippen LogP contribution in [0.2, 0.25) is 0 Å². The normalized spacial score (nSPS) is 31.1. The van der Waals surface area contributed by atoms with Crippen LogP contribution in [0.4, 0.5) is 5.69 Å². The summed E-state index contributed by atoms with van der Waals surface area (Å²) in [5.74, 6) is -0.665. The molecule has 2 amide bonds. The lowest BCUT2D eigenvalue weighted by molar-refractivity contribution is -0.131. The highest BCUT2D eigenvalue weighted by Crippen LogP contribution is 2.68. The van der Waals surface area contributed by atoms with Crippen molar-refractivity contribution in [1.29, 1.82) is 0 Å². The molecule has 2 saturated carbocycles. The van der Waals surface area contributed by atoms with E-state index in [1.54, 1.807) is 0 Å². The zero-order chi connectivity index (χ0) is 16.8. The molecule has 124 valence electrons. The molecular weight excluding hydrogens is 356 g/mol. The van der Waals surface area contributed by atoms with Gasteiger partial charge in [-0.3, -0.25) is 9.59 Å². The maximum atomic E-state index is 12.9. The Morgan fingerprint density at radius 3 is 2.35 bits per heavy atom. The first-order valence-corrected chi connectivity index (χ1v) is 9.05. The largest absolute Gasteiger partial charge is 0.369 e. The van der Waals surface area contributed by atoms with Gasteiger partial charge >= 0.3 is 0 Å². The monoisotopic (exact) mass is 378 g/mol. The number of benzene rings is 1. The van der Waals surface area contributed by atoms with Gasteiger partial charge in [0.25, 0.3) is 0 Å². The van der Waals surface area contributed by atoms with E-state index in [0.717, 1.165) is 29.4 Å². The second kappa shape index (κ2) is 5.93. The molecule has 0 heterocycles. The van der Waals surface area contributed by atoms with Crippen LogP contribution in [0.5, 0.6) is 0 Å². The molecule has 4 nitrogen and oxygen atoms in total. The number of anilines is 1. The Hall–Kier alpha value is -1.36. The predicted octanol–water partition coefficient (Wildman–Crippen LogP) is 3.56. The van der Waals surface area contributed by atoms with Crippen LogP contribution in [-0.2, 0) is 9.59 Å². The number of carbonyl (C=O) groups excluding carboxylic acids is 2. The quantitative estimate of drug-likeness (QED) is 0.840. The average molecular weight is 379 g/mol. The third kappa shape index (κ3) is 2.69. The molecule has 0 saturated heterocycles. The Balaban J connectivity index is 1.87. The fraction of sp³-hybridized carbons (Fsp3) is 0.556. The van der Waals surface area contributed by atoms with Crippen LogP contribution in [0.15, 0.2) is 28.7 Å². The van der Waals surface area contributed by atoms with E-state index in [1.807, 2.05) is 24.3 Å². The third-order valence-electron chi connectivity index (χ3n) is 6.01. The molecule has 2 aliphatic rings. The Kier molecular flexibility index (Phi) is 4.25. The molecule has 0 bridgehead atoms. The topological polar surface area (TPSA) is 72.2 Å². The van der Waals surface area contributed by atoms with Crippen molar-refractivity contribution in [3.63, 3.8) is 0 Å². The number of nitrogens with one attached hydrogen (secondary N) is 1. The standard InChI is InChI=1S/C18H23BrN2O2/c1-3-13-15(14(16(20)22)10(2)18(13)8-9-18)17(23)21-12-6-4-11(19)5-7-12/h4-7,10,13-15H,3,8-9H2,1-2H3,(H2,20,22)(H,21,23). The highest BCUT2D eigenvalue weighted by molar-refractivity contribution is 9.10. The van der Waals surface area contributed by atoms with Crippen LogP contribution in [0, 0.1) is 29.1 Å². The molecule has 2 fully saturated rings. The van der Waals surface area contributed by atoms with Gasteiger partial charge in [0.15, 0.2) is 0 Å². The molecule has 1 aromatic rings. The number of primary amides is 1. The summed E-state index contributed by atoms with van der Waals surface area (Å²) in [5, 5.41) is 2.98. The Morgan fingerprint density at radius 1 is 1.26 bits per heavy atom. The van der Waals surface area contributed by atoms with E-state index in [0.29, 0.717) is 0 Å². The van der Waals surface area contributed by atoms with Crippen LogP contribution in [0.3, 0.4) is 0 Å². The molecular formula is C18H23BrN2O2. The van der Waals surface area contributed by atoms with Crippen LogP contribution in [-0.4, -0.2) is 11.8 Å². The Bertz CT molecular complexity index is 624. The van der Waals surface area contributed by atoms with Gasteiger partial charge in [-0.05, 0) is 54.4 Å². The highest BCUT2D eigenvalue weighted by atomic mass is 79.9. The molecule has 4 atom stereocenters. The summed E-state index contributed by atoms with van der Waals surface area (Å²) in [4.78, 5) is 25.0. The first kappa shape index (κ1) is 16.5. The van der Waals surface area contributed by atoms with Crippen molar-refractivity contribution in [2.45, 2.75) is 33.1 Å². The molecule has 0 aliphatic heterocycles. The minimum absolute atomic E-state index is 0.0707. The van der Waals surface area contributed by atoms with Crippen molar-refractivity contribution < 1.29 is 9.59 Å². The van der Waals surface area contributed by atoms with Crippen molar-refractivity contribution in [2.24, 2.45) is 34.8 Å².